The predicted molar refractivity (Wildman–Crippen MR) is 91.8 cm³/mol. The molecule has 1 fully saturated rings. The molecule has 1 N–H and O–H groups in total. The van der Waals surface area contributed by atoms with Crippen LogP contribution in [0.3, 0.4) is 0 Å². The van der Waals surface area contributed by atoms with Gasteiger partial charge in [0.1, 0.15) is 0 Å². The van der Waals surface area contributed by atoms with E-state index in [0.29, 0.717) is 12.5 Å². The van der Waals surface area contributed by atoms with Crippen LogP contribution in [-0.4, -0.2) is 32.2 Å². The molecular weight excluding hydrogens is 302 g/mol. The van der Waals surface area contributed by atoms with Crippen molar-refractivity contribution in [3.05, 3.63) is 36.2 Å². The van der Waals surface area contributed by atoms with Crippen molar-refractivity contribution >= 4 is 5.91 Å². The fraction of sp³-hybridized carbons (Fsp3) is 0.556. The van der Waals surface area contributed by atoms with Gasteiger partial charge in [-0.2, -0.15) is 4.68 Å². The minimum Gasteiger partial charge on any atom is -0.353 e. The zero-order valence-corrected chi connectivity index (χ0v) is 14.2. The van der Waals surface area contributed by atoms with Crippen molar-refractivity contribution in [1.82, 2.24) is 25.5 Å². The van der Waals surface area contributed by atoms with Gasteiger partial charge in [0.2, 0.25) is 5.91 Å². The van der Waals surface area contributed by atoms with E-state index in [1.54, 1.807) is 4.68 Å². The summed E-state index contributed by atoms with van der Waals surface area (Å²) in [5, 5.41) is 15.3. The Morgan fingerprint density at radius 1 is 1.25 bits per heavy atom. The van der Waals surface area contributed by atoms with Crippen LogP contribution < -0.4 is 5.32 Å². The van der Waals surface area contributed by atoms with Gasteiger partial charge in [-0.05, 0) is 41.8 Å². The normalized spacial score (nSPS) is 16.7. The Kier molecular flexibility index (Phi) is 5.56. The Balaban J connectivity index is 1.68. The highest BCUT2D eigenvalue weighted by Gasteiger charge is 2.23. The van der Waals surface area contributed by atoms with Gasteiger partial charge in [0.25, 0.3) is 0 Å². The van der Waals surface area contributed by atoms with Crippen LogP contribution in [0.15, 0.2) is 30.3 Å². The minimum absolute atomic E-state index is 0.0174. The van der Waals surface area contributed by atoms with Gasteiger partial charge in [0, 0.05) is 18.4 Å². The molecule has 128 valence electrons. The number of amides is 1. The predicted octanol–water partition coefficient (Wildman–Crippen LogP) is 2.99. The maximum atomic E-state index is 12.4. The summed E-state index contributed by atoms with van der Waals surface area (Å²) in [5.74, 6) is 0.877. The van der Waals surface area contributed by atoms with Crippen molar-refractivity contribution in [2.24, 2.45) is 0 Å². The lowest BCUT2D eigenvalue weighted by molar-refractivity contribution is -0.122. The van der Waals surface area contributed by atoms with E-state index in [1.165, 1.54) is 19.3 Å². The van der Waals surface area contributed by atoms with Gasteiger partial charge < -0.3 is 5.32 Å². The molecule has 1 aromatic carbocycles. The van der Waals surface area contributed by atoms with Gasteiger partial charge in [-0.1, -0.05) is 44.4 Å². The molecule has 0 radical (unpaired) electrons. The van der Waals surface area contributed by atoms with E-state index in [1.807, 2.05) is 30.3 Å². The molecular formula is C18H25N5O. The smallest absolute Gasteiger partial charge is 0.220 e. The van der Waals surface area contributed by atoms with Crippen molar-refractivity contribution in [3.63, 3.8) is 0 Å². The summed E-state index contributed by atoms with van der Waals surface area (Å²) in [7, 11) is 0. The third-order valence-electron chi connectivity index (χ3n) is 4.75. The number of rotatable bonds is 6. The number of carbonyl (C=O) groups is 1. The first kappa shape index (κ1) is 16.6. The maximum absolute atomic E-state index is 12.4. The average molecular weight is 327 g/mol. The number of tetrazole rings is 1. The molecule has 0 bridgehead atoms. The number of nitrogens with one attached hydrogen (secondary N) is 1. The van der Waals surface area contributed by atoms with Crippen LogP contribution in [0.5, 0.6) is 0 Å². The first-order valence-electron chi connectivity index (χ1n) is 8.91. The van der Waals surface area contributed by atoms with E-state index in [0.717, 1.165) is 30.8 Å². The van der Waals surface area contributed by atoms with Crippen molar-refractivity contribution < 1.29 is 4.79 Å². The van der Waals surface area contributed by atoms with Crippen LogP contribution in [-0.2, 0) is 4.79 Å². The van der Waals surface area contributed by atoms with E-state index in [-0.39, 0.29) is 11.8 Å². The lowest BCUT2D eigenvalue weighted by atomic mass is 9.94. The van der Waals surface area contributed by atoms with Crippen molar-refractivity contribution in [2.45, 2.75) is 63.8 Å². The molecule has 1 unspecified atom stereocenters. The Hall–Kier alpha value is -2.24. The Morgan fingerprint density at radius 3 is 2.71 bits per heavy atom. The van der Waals surface area contributed by atoms with Crippen LogP contribution in [0.25, 0.3) is 5.69 Å². The minimum atomic E-state index is 0.0174. The third-order valence-corrected chi connectivity index (χ3v) is 4.75. The van der Waals surface area contributed by atoms with Gasteiger partial charge in [0.05, 0.1) is 5.69 Å². The lowest BCUT2D eigenvalue weighted by Gasteiger charge is -2.23. The van der Waals surface area contributed by atoms with E-state index in [9.17, 15) is 4.79 Å². The third kappa shape index (κ3) is 3.99. The summed E-state index contributed by atoms with van der Waals surface area (Å²) in [6.45, 7) is 2.07. The first-order valence-corrected chi connectivity index (χ1v) is 8.91. The number of aromatic nitrogens is 4. The molecule has 1 saturated carbocycles. The number of hydrogen-bond donors (Lipinski definition) is 1. The van der Waals surface area contributed by atoms with Gasteiger partial charge >= 0.3 is 0 Å². The van der Waals surface area contributed by atoms with E-state index < -0.39 is 0 Å². The highest BCUT2D eigenvalue weighted by molar-refractivity contribution is 5.77. The summed E-state index contributed by atoms with van der Waals surface area (Å²) in [5.41, 5.74) is 0.920. The van der Waals surface area contributed by atoms with Crippen LogP contribution >= 0.6 is 0 Å². The second-order valence-electron chi connectivity index (χ2n) is 6.50. The fourth-order valence-electron chi connectivity index (χ4n) is 3.38. The van der Waals surface area contributed by atoms with Crippen molar-refractivity contribution in [3.8, 4) is 5.69 Å². The SMILES string of the molecule is CCC(CC(=O)NC1CCCCC1)c1nnnn1-c1ccccc1. The molecule has 3 rings (SSSR count). The highest BCUT2D eigenvalue weighted by Crippen LogP contribution is 2.24. The van der Waals surface area contributed by atoms with E-state index in [2.05, 4.69) is 27.8 Å². The standard InChI is InChI=1S/C18H25N5O/c1-2-14(13-17(24)19-15-9-5-3-6-10-15)18-20-21-22-23(18)16-11-7-4-8-12-16/h4,7-8,11-12,14-15H,2-3,5-6,9-10,13H2,1H3,(H,19,24). The van der Waals surface area contributed by atoms with Crippen molar-refractivity contribution in [1.29, 1.82) is 0 Å². The maximum Gasteiger partial charge on any atom is 0.220 e. The van der Waals surface area contributed by atoms with E-state index >= 15 is 0 Å². The molecule has 1 aliphatic rings. The fourth-order valence-corrected chi connectivity index (χ4v) is 3.38. The molecule has 2 aromatic rings. The monoisotopic (exact) mass is 327 g/mol. The highest BCUT2D eigenvalue weighted by atomic mass is 16.1. The molecule has 0 aliphatic heterocycles. The molecule has 0 spiro atoms. The number of nitrogens with zero attached hydrogens (tertiary/aromatic N) is 4. The number of para-hydroxylation sites is 1. The summed E-state index contributed by atoms with van der Waals surface area (Å²) in [6.07, 6.45) is 7.18. The summed E-state index contributed by atoms with van der Waals surface area (Å²) < 4.78 is 1.74. The second kappa shape index (κ2) is 8.04. The molecule has 24 heavy (non-hydrogen) atoms. The second-order valence-corrected chi connectivity index (χ2v) is 6.50. The van der Waals surface area contributed by atoms with Crippen LogP contribution in [0.1, 0.15) is 63.6 Å². The van der Waals surface area contributed by atoms with Crippen molar-refractivity contribution in [2.75, 3.05) is 0 Å². The molecule has 1 atom stereocenters. The molecule has 1 aromatic heterocycles. The van der Waals surface area contributed by atoms with Gasteiger partial charge in [0.15, 0.2) is 5.82 Å². The van der Waals surface area contributed by atoms with Gasteiger partial charge in [-0.25, -0.2) is 0 Å². The average Bonchev–Trinajstić information content (AvgIpc) is 3.11. The number of hydrogen-bond acceptors (Lipinski definition) is 4. The van der Waals surface area contributed by atoms with Crippen LogP contribution in [0, 0.1) is 0 Å². The zero-order chi connectivity index (χ0) is 16.8. The molecule has 1 amide bonds. The quantitative estimate of drug-likeness (QED) is 0.885. The molecule has 0 saturated heterocycles. The number of carbonyl (C=O) groups excluding carboxylic acids is 1. The van der Waals surface area contributed by atoms with E-state index in [4.69, 9.17) is 0 Å². The molecule has 1 aliphatic carbocycles. The number of benzene rings is 1. The largest absolute Gasteiger partial charge is 0.353 e. The molecule has 6 heteroatoms. The Bertz CT molecular complexity index is 648. The lowest BCUT2D eigenvalue weighted by Crippen LogP contribution is -2.37. The topological polar surface area (TPSA) is 72.7 Å². The first-order chi connectivity index (χ1) is 11.8. The summed E-state index contributed by atoms with van der Waals surface area (Å²) in [6, 6.07) is 10.1. The molecule has 1 heterocycles. The summed E-state index contributed by atoms with van der Waals surface area (Å²) >= 11 is 0. The molecule has 6 nitrogen and oxygen atoms in total. The Morgan fingerprint density at radius 2 is 2.00 bits per heavy atom. The summed E-state index contributed by atoms with van der Waals surface area (Å²) in [4.78, 5) is 12.4. The Labute approximate surface area is 142 Å². The van der Waals surface area contributed by atoms with Gasteiger partial charge in [-0.15, -0.1) is 5.10 Å². The van der Waals surface area contributed by atoms with Gasteiger partial charge in [-0.3, -0.25) is 4.79 Å². The van der Waals surface area contributed by atoms with Crippen LogP contribution in [0.2, 0.25) is 0 Å². The van der Waals surface area contributed by atoms with Crippen LogP contribution in [0.4, 0.5) is 0 Å². The zero-order valence-electron chi connectivity index (χ0n) is 14.2.